The molecule has 0 unspecified atom stereocenters. The van der Waals surface area contributed by atoms with Crippen LogP contribution in [0.25, 0.3) is 0 Å². The number of amides is 3. The van der Waals surface area contributed by atoms with Crippen LogP contribution in [0.5, 0.6) is 0 Å². The molecule has 2 aromatic carbocycles. The van der Waals surface area contributed by atoms with Gasteiger partial charge in [-0.3, -0.25) is 14.4 Å². The van der Waals surface area contributed by atoms with Crippen LogP contribution in [-0.2, 0) is 11.3 Å². The van der Waals surface area contributed by atoms with Crippen LogP contribution in [0, 0.1) is 0 Å². The zero-order valence-corrected chi connectivity index (χ0v) is 15.9. The standard InChI is InChI=1S/C21H21N5O3/c1-22-20(28)15-5-7-17(8-6-15)25-21(29)16-3-2-4-18(13-16)24-19(27)9-11-26-12-10-23-14-26/h2-8,10,12-14H,9,11H2,1H3,(H,22,28)(H,24,27)(H,25,29). The SMILES string of the molecule is CNC(=O)c1ccc(NC(=O)c2cccc(NC(=O)CCn3ccnc3)c2)cc1. The number of hydrogen-bond acceptors (Lipinski definition) is 4. The van der Waals surface area contributed by atoms with Gasteiger partial charge in [-0.2, -0.15) is 0 Å². The van der Waals surface area contributed by atoms with Crippen LogP contribution < -0.4 is 16.0 Å². The van der Waals surface area contributed by atoms with Gasteiger partial charge in [-0.1, -0.05) is 6.07 Å². The van der Waals surface area contributed by atoms with Crippen molar-refractivity contribution in [1.82, 2.24) is 14.9 Å². The molecule has 0 bridgehead atoms. The average Bonchev–Trinajstić information content (AvgIpc) is 3.26. The summed E-state index contributed by atoms with van der Waals surface area (Å²) in [6.45, 7) is 0.526. The molecule has 1 heterocycles. The van der Waals surface area contributed by atoms with E-state index in [1.807, 2.05) is 4.57 Å². The summed E-state index contributed by atoms with van der Waals surface area (Å²) in [5.74, 6) is -0.660. The highest BCUT2D eigenvalue weighted by Crippen LogP contribution is 2.15. The van der Waals surface area contributed by atoms with Crippen LogP contribution in [0.3, 0.4) is 0 Å². The maximum Gasteiger partial charge on any atom is 0.255 e. The van der Waals surface area contributed by atoms with Crippen LogP contribution in [0.15, 0.2) is 67.3 Å². The molecule has 0 aliphatic rings. The molecule has 0 fully saturated rings. The first kappa shape index (κ1) is 19.8. The second-order valence-electron chi connectivity index (χ2n) is 6.29. The summed E-state index contributed by atoms with van der Waals surface area (Å²) in [6.07, 6.45) is 5.40. The monoisotopic (exact) mass is 391 g/mol. The van der Waals surface area contributed by atoms with Gasteiger partial charge in [0.25, 0.3) is 11.8 Å². The van der Waals surface area contributed by atoms with Gasteiger partial charge >= 0.3 is 0 Å². The predicted molar refractivity (Wildman–Crippen MR) is 110 cm³/mol. The molecule has 8 heteroatoms. The number of aromatic nitrogens is 2. The molecule has 0 radical (unpaired) electrons. The van der Waals surface area contributed by atoms with Gasteiger partial charge in [0.05, 0.1) is 6.33 Å². The molecule has 8 nitrogen and oxygen atoms in total. The van der Waals surface area contributed by atoms with Crippen molar-refractivity contribution < 1.29 is 14.4 Å². The zero-order valence-electron chi connectivity index (χ0n) is 15.9. The van der Waals surface area contributed by atoms with Crippen molar-refractivity contribution in [2.75, 3.05) is 17.7 Å². The van der Waals surface area contributed by atoms with Crippen LogP contribution >= 0.6 is 0 Å². The molecular formula is C21H21N5O3. The highest BCUT2D eigenvalue weighted by molar-refractivity contribution is 6.05. The van der Waals surface area contributed by atoms with Gasteiger partial charge in [0, 0.05) is 54.9 Å². The number of nitrogens with zero attached hydrogens (tertiary/aromatic N) is 2. The first-order chi connectivity index (χ1) is 14.0. The topological polar surface area (TPSA) is 105 Å². The summed E-state index contributed by atoms with van der Waals surface area (Å²) in [7, 11) is 1.56. The van der Waals surface area contributed by atoms with E-state index in [1.165, 1.54) is 0 Å². The molecule has 0 aliphatic carbocycles. The molecule has 1 aromatic heterocycles. The maximum absolute atomic E-state index is 12.5. The molecule has 0 saturated carbocycles. The second-order valence-corrected chi connectivity index (χ2v) is 6.29. The number of imidazole rings is 1. The molecular weight excluding hydrogens is 370 g/mol. The summed E-state index contributed by atoms with van der Waals surface area (Å²) in [5.41, 5.74) is 2.03. The third-order valence-electron chi connectivity index (χ3n) is 4.20. The molecule has 3 rings (SSSR count). The lowest BCUT2D eigenvalue weighted by Crippen LogP contribution is -2.18. The fraction of sp³-hybridized carbons (Fsp3) is 0.143. The molecule has 0 spiro atoms. The third-order valence-corrected chi connectivity index (χ3v) is 4.20. The quantitative estimate of drug-likeness (QED) is 0.575. The van der Waals surface area contributed by atoms with Gasteiger partial charge in [0.2, 0.25) is 5.91 Å². The van der Waals surface area contributed by atoms with E-state index in [4.69, 9.17) is 0 Å². The van der Waals surface area contributed by atoms with Crippen LogP contribution in [0.2, 0.25) is 0 Å². The van der Waals surface area contributed by atoms with Crippen molar-refractivity contribution in [1.29, 1.82) is 0 Å². The van der Waals surface area contributed by atoms with E-state index in [2.05, 4.69) is 20.9 Å². The van der Waals surface area contributed by atoms with E-state index in [1.54, 1.807) is 74.3 Å². The Morgan fingerprint density at radius 2 is 1.72 bits per heavy atom. The average molecular weight is 391 g/mol. The van der Waals surface area contributed by atoms with Crippen LogP contribution in [-0.4, -0.2) is 34.3 Å². The Morgan fingerprint density at radius 1 is 0.931 bits per heavy atom. The molecule has 0 aliphatic heterocycles. The molecule has 3 amide bonds. The minimum absolute atomic E-state index is 0.152. The maximum atomic E-state index is 12.5. The van der Waals surface area contributed by atoms with Gasteiger partial charge < -0.3 is 20.5 Å². The first-order valence-corrected chi connectivity index (χ1v) is 9.04. The van der Waals surface area contributed by atoms with Gasteiger partial charge in [-0.25, -0.2) is 4.98 Å². The Balaban J connectivity index is 1.58. The summed E-state index contributed by atoms with van der Waals surface area (Å²) >= 11 is 0. The number of carbonyl (C=O) groups is 3. The van der Waals surface area contributed by atoms with Crippen molar-refractivity contribution in [3.63, 3.8) is 0 Å². The van der Waals surface area contributed by atoms with Crippen molar-refractivity contribution in [3.05, 3.63) is 78.4 Å². The normalized spacial score (nSPS) is 10.2. The van der Waals surface area contributed by atoms with Crippen LogP contribution in [0.1, 0.15) is 27.1 Å². The predicted octanol–water partition coefficient (Wildman–Crippen LogP) is 2.52. The summed E-state index contributed by atoms with van der Waals surface area (Å²) in [4.78, 5) is 40.1. The molecule has 0 saturated heterocycles. The minimum atomic E-state index is -0.313. The number of nitrogens with one attached hydrogen (secondary N) is 3. The summed E-state index contributed by atoms with van der Waals surface area (Å²) < 4.78 is 1.82. The Labute approximate surface area is 168 Å². The van der Waals surface area contributed by atoms with Crippen LogP contribution in [0.4, 0.5) is 11.4 Å². The van der Waals surface area contributed by atoms with E-state index in [0.717, 1.165) is 0 Å². The van der Waals surface area contributed by atoms with Crippen molar-refractivity contribution in [2.24, 2.45) is 0 Å². The Bertz CT molecular complexity index is 997. The van der Waals surface area contributed by atoms with Gasteiger partial charge in [-0.15, -0.1) is 0 Å². The molecule has 148 valence electrons. The zero-order chi connectivity index (χ0) is 20.6. The fourth-order valence-electron chi connectivity index (χ4n) is 2.66. The lowest BCUT2D eigenvalue weighted by Gasteiger charge is -2.09. The lowest BCUT2D eigenvalue weighted by atomic mass is 10.1. The molecule has 3 N–H and O–H groups in total. The number of rotatable bonds is 7. The Morgan fingerprint density at radius 3 is 2.41 bits per heavy atom. The van der Waals surface area contributed by atoms with Gasteiger partial charge in [0.1, 0.15) is 0 Å². The van der Waals surface area contributed by atoms with Gasteiger partial charge in [-0.05, 0) is 42.5 Å². The smallest absolute Gasteiger partial charge is 0.255 e. The van der Waals surface area contributed by atoms with Crippen molar-refractivity contribution in [3.8, 4) is 0 Å². The number of anilines is 2. The lowest BCUT2D eigenvalue weighted by molar-refractivity contribution is -0.116. The van der Waals surface area contributed by atoms with Gasteiger partial charge in [0.15, 0.2) is 0 Å². The summed E-state index contributed by atoms with van der Waals surface area (Å²) in [6, 6.07) is 13.3. The number of benzene rings is 2. The van der Waals surface area contributed by atoms with E-state index in [0.29, 0.717) is 35.5 Å². The first-order valence-electron chi connectivity index (χ1n) is 9.04. The van der Waals surface area contributed by atoms with Crippen molar-refractivity contribution >= 4 is 29.1 Å². The number of carbonyl (C=O) groups excluding carboxylic acids is 3. The Kier molecular flexibility index (Phi) is 6.36. The third kappa shape index (κ3) is 5.52. The number of hydrogen-bond donors (Lipinski definition) is 3. The molecule has 0 atom stereocenters. The van der Waals surface area contributed by atoms with Crippen molar-refractivity contribution in [2.45, 2.75) is 13.0 Å². The highest BCUT2D eigenvalue weighted by Gasteiger charge is 2.10. The van der Waals surface area contributed by atoms with E-state index in [-0.39, 0.29) is 17.7 Å². The van der Waals surface area contributed by atoms with E-state index < -0.39 is 0 Å². The fourth-order valence-corrected chi connectivity index (χ4v) is 2.66. The second kappa shape index (κ2) is 9.32. The molecule has 29 heavy (non-hydrogen) atoms. The van der Waals surface area contributed by atoms with E-state index >= 15 is 0 Å². The molecule has 3 aromatic rings. The largest absolute Gasteiger partial charge is 0.355 e. The Hall–Kier alpha value is -3.94. The minimum Gasteiger partial charge on any atom is -0.355 e. The number of aryl methyl sites for hydroxylation is 1. The van der Waals surface area contributed by atoms with E-state index in [9.17, 15) is 14.4 Å². The summed E-state index contributed by atoms with van der Waals surface area (Å²) in [5, 5.41) is 8.11. The highest BCUT2D eigenvalue weighted by atomic mass is 16.2.